The Morgan fingerprint density at radius 2 is 1.79 bits per heavy atom. The topological polar surface area (TPSA) is 71.0 Å². The molecule has 5 rings (SSSR count). The summed E-state index contributed by atoms with van der Waals surface area (Å²) in [6.07, 6.45) is 5.62. The molecule has 1 aromatic heterocycles. The largest absolute Gasteiger partial charge is 0.460 e. The molecule has 0 N–H and O–H groups in total. The van der Waals surface area contributed by atoms with Crippen molar-refractivity contribution in [2.24, 2.45) is 5.41 Å². The maximum Gasteiger partial charge on any atom is 0.410 e. The second-order valence-electron chi connectivity index (χ2n) is 12.5. The van der Waals surface area contributed by atoms with E-state index in [1.54, 1.807) is 4.90 Å². The minimum absolute atomic E-state index is 0.0280. The number of ether oxygens (including phenoxy) is 2. The fraction of sp³-hybridized carbons (Fsp3) is 0.679. The van der Waals surface area contributed by atoms with Gasteiger partial charge in [0, 0.05) is 46.6 Å². The molecule has 1 aliphatic carbocycles. The summed E-state index contributed by atoms with van der Waals surface area (Å²) in [4.78, 5) is 28.2. The number of amides is 1. The predicted octanol–water partition coefficient (Wildman–Crippen LogP) is 6.22. The second-order valence-corrected chi connectivity index (χ2v) is 14.5. The van der Waals surface area contributed by atoms with Gasteiger partial charge in [0.25, 0.3) is 0 Å². The Labute approximate surface area is 252 Å². The van der Waals surface area contributed by atoms with Crippen LogP contribution in [0.5, 0.6) is 6.01 Å². The van der Waals surface area contributed by atoms with Crippen molar-refractivity contribution in [3.05, 3.63) is 19.9 Å². The average molecular weight is 718 g/mol. The van der Waals surface area contributed by atoms with Crippen LogP contribution in [0.15, 0.2) is 10.5 Å². The van der Waals surface area contributed by atoms with Crippen molar-refractivity contribution in [3.8, 4) is 6.01 Å². The third-order valence-corrected chi connectivity index (χ3v) is 10.6. The second kappa shape index (κ2) is 11.1. The molecule has 2 aliphatic heterocycles. The molecule has 0 bridgehead atoms. The summed E-state index contributed by atoms with van der Waals surface area (Å²) in [6.45, 7) is 8.64. The molecule has 3 heterocycles. The highest BCUT2D eigenvalue weighted by Crippen LogP contribution is 2.43. The van der Waals surface area contributed by atoms with E-state index >= 15 is 4.39 Å². The molecular weight excluding hydrogens is 680 g/mol. The molecule has 39 heavy (non-hydrogen) atoms. The summed E-state index contributed by atoms with van der Waals surface area (Å²) in [5.41, 5.74) is -0.113. The maximum atomic E-state index is 15.5. The van der Waals surface area contributed by atoms with Crippen LogP contribution in [0.25, 0.3) is 10.9 Å². The van der Waals surface area contributed by atoms with E-state index in [0.29, 0.717) is 29.0 Å². The highest BCUT2D eigenvalue weighted by Gasteiger charge is 2.48. The Balaban J connectivity index is 1.33. The lowest BCUT2D eigenvalue weighted by molar-refractivity contribution is -0.0434. The number of fused-ring (bicyclic) bond motifs is 1. The Bertz CT molecular complexity index is 1230. The normalized spacial score (nSPS) is 23.3. The number of benzene rings is 1. The van der Waals surface area contributed by atoms with Gasteiger partial charge in [-0.3, -0.25) is 0 Å². The number of carbonyl (C=O) groups excluding carboxylic acids is 1. The monoisotopic (exact) mass is 717 g/mol. The van der Waals surface area contributed by atoms with E-state index in [1.807, 2.05) is 26.8 Å². The lowest BCUT2D eigenvalue weighted by Gasteiger charge is -2.53. The summed E-state index contributed by atoms with van der Waals surface area (Å²) in [5.74, 6) is 0.335. The Morgan fingerprint density at radius 3 is 2.38 bits per heavy atom. The first kappa shape index (κ1) is 29.0. The quantitative estimate of drug-likeness (QED) is 0.275. The molecule has 2 aromatic rings. The first-order valence-electron chi connectivity index (χ1n) is 13.8. The fourth-order valence-corrected chi connectivity index (χ4v) is 6.84. The van der Waals surface area contributed by atoms with Crippen LogP contribution < -0.4 is 9.64 Å². The number of carbonyl (C=O) groups is 1. The maximum absolute atomic E-state index is 15.5. The van der Waals surface area contributed by atoms with E-state index in [2.05, 4.69) is 67.4 Å². The first-order valence-corrected chi connectivity index (χ1v) is 15.6. The molecule has 0 atom stereocenters. The van der Waals surface area contributed by atoms with Crippen molar-refractivity contribution in [1.82, 2.24) is 19.8 Å². The Kier molecular flexibility index (Phi) is 8.25. The standard InChI is InChI=1S/C28H38BrFIN5O3/c1-27(2,3)39-26(37)36-15-28(16-36)10-12-35(13-11-28)24-19-14-20(31)21(29)22(30)23(19)32-25(33-24)38-18-8-6-17(7-9-18)34(4)5/h14,17-18H,6-13,15-16H2,1-5H3. The van der Waals surface area contributed by atoms with E-state index in [1.165, 1.54) is 0 Å². The number of hydrogen-bond acceptors (Lipinski definition) is 7. The number of piperidine rings is 1. The SMILES string of the molecule is CN(C)C1CCC(Oc2nc(N3CCC4(CC3)CN(C(=O)OC(C)(C)C)C4)c3cc(I)c(Br)c(F)c3n2)CC1. The smallest absolute Gasteiger partial charge is 0.410 e. The molecule has 0 unspecified atom stereocenters. The molecule has 1 amide bonds. The van der Waals surface area contributed by atoms with Crippen molar-refractivity contribution in [1.29, 1.82) is 0 Å². The van der Waals surface area contributed by atoms with Gasteiger partial charge in [0.15, 0.2) is 5.82 Å². The molecule has 1 aromatic carbocycles. The van der Waals surface area contributed by atoms with Crippen LogP contribution in [0.1, 0.15) is 59.3 Å². The van der Waals surface area contributed by atoms with Crippen LogP contribution in [0, 0.1) is 14.8 Å². The van der Waals surface area contributed by atoms with Gasteiger partial charge in [0.05, 0.1) is 4.47 Å². The molecule has 3 aliphatic rings. The minimum Gasteiger partial charge on any atom is -0.460 e. The third-order valence-electron chi connectivity index (χ3n) is 8.26. The van der Waals surface area contributed by atoms with Gasteiger partial charge in [-0.1, -0.05) is 0 Å². The summed E-state index contributed by atoms with van der Waals surface area (Å²) >= 11 is 5.53. The number of aromatic nitrogens is 2. The molecule has 11 heteroatoms. The van der Waals surface area contributed by atoms with E-state index in [4.69, 9.17) is 14.5 Å². The van der Waals surface area contributed by atoms with Gasteiger partial charge in [-0.15, -0.1) is 0 Å². The number of hydrogen-bond donors (Lipinski definition) is 0. The Hall–Kier alpha value is -1.47. The van der Waals surface area contributed by atoms with Crippen LogP contribution in [-0.2, 0) is 4.74 Å². The van der Waals surface area contributed by atoms with Crippen LogP contribution in [0.4, 0.5) is 15.0 Å². The van der Waals surface area contributed by atoms with Gasteiger partial charge in [-0.2, -0.15) is 9.97 Å². The number of rotatable bonds is 4. The summed E-state index contributed by atoms with van der Waals surface area (Å²) in [6, 6.07) is 2.76. The third kappa shape index (κ3) is 6.24. The summed E-state index contributed by atoms with van der Waals surface area (Å²) in [5, 5.41) is 0.698. The molecule has 0 radical (unpaired) electrons. The highest BCUT2D eigenvalue weighted by molar-refractivity contribution is 14.1. The van der Waals surface area contributed by atoms with Crippen molar-refractivity contribution >= 4 is 61.3 Å². The first-order chi connectivity index (χ1) is 18.3. The van der Waals surface area contributed by atoms with Crippen LogP contribution >= 0.6 is 38.5 Å². The van der Waals surface area contributed by atoms with E-state index in [9.17, 15) is 4.79 Å². The molecule has 1 saturated carbocycles. The van der Waals surface area contributed by atoms with E-state index in [-0.39, 0.29) is 35.0 Å². The summed E-state index contributed by atoms with van der Waals surface area (Å²) in [7, 11) is 4.24. The lowest BCUT2D eigenvalue weighted by atomic mass is 9.72. The molecule has 214 valence electrons. The average Bonchev–Trinajstić information content (AvgIpc) is 2.85. The van der Waals surface area contributed by atoms with Crippen molar-refractivity contribution in [2.75, 3.05) is 45.2 Å². The molecule has 3 fully saturated rings. The van der Waals surface area contributed by atoms with Gasteiger partial charge in [0.1, 0.15) is 23.0 Å². The Morgan fingerprint density at radius 1 is 1.15 bits per heavy atom. The van der Waals surface area contributed by atoms with Crippen molar-refractivity contribution < 1.29 is 18.7 Å². The zero-order valence-corrected chi connectivity index (χ0v) is 27.1. The predicted molar refractivity (Wildman–Crippen MR) is 162 cm³/mol. The minimum atomic E-state index is -0.496. The van der Waals surface area contributed by atoms with Crippen LogP contribution in [-0.4, -0.2) is 83.9 Å². The number of anilines is 1. The zero-order chi connectivity index (χ0) is 28.1. The molecular formula is C28H38BrFIN5O3. The lowest BCUT2D eigenvalue weighted by Crippen LogP contribution is -2.62. The van der Waals surface area contributed by atoms with Crippen LogP contribution in [0.3, 0.4) is 0 Å². The van der Waals surface area contributed by atoms with Crippen LogP contribution in [0.2, 0.25) is 0 Å². The van der Waals surface area contributed by atoms with E-state index in [0.717, 1.165) is 61.0 Å². The van der Waals surface area contributed by atoms with Crippen molar-refractivity contribution in [3.63, 3.8) is 0 Å². The van der Waals surface area contributed by atoms with E-state index < -0.39 is 5.60 Å². The van der Waals surface area contributed by atoms with Gasteiger partial charge in [0.2, 0.25) is 0 Å². The molecule has 2 saturated heterocycles. The van der Waals surface area contributed by atoms with Gasteiger partial charge >= 0.3 is 12.1 Å². The van der Waals surface area contributed by atoms with Gasteiger partial charge < -0.3 is 24.2 Å². The molecule has 1 spiro atoms. The highest BCUT2D eigenvalue weighted by atomic mass is 127. The zero-order valence-electron chi connectivity index (χ0n) is 23.4. The molecule has 8 nitrogen and oxygen atoms in total. The number of nitrogens with zero attached hydrogens (tertiary/aromatic N) is 5. The van der Waals surface area contributed by atoms with Crippen molar-refractivity contribution in [2.45, 2.75) is 77.0 Å². The van der Waals surface area contributed by atoms with Gasteiger partial charge in [-0.25, -0.2) is 9.18 Å². The number of likely N-dealkylation sites (tertiary alicyclic amines) is 1. The van der Waals surface area contributed by atoms with Gasteiger partial charge in [-0.05, 0) is 118 Å². The summed E-state index contributed by atoms with van der Waals surface area (Å²) < 4.78 is 28.5. The number of halogens is 3. The fourth-order valence-electron chi connectivity index (χ4n) is 5.99.